The molecule has 2 rings (SSSR count). The topological polar surface area (TPSA) is 58.6 Å². The summed E-state index contributed by atoms with van der Waals surface area (Å²) in [5.41, 5.74) is 2.17. The second kappa shape index (κ2) is 10.2. The Morgan fingerprint density at radius 3 is 2.73 bits per heavy atom. The molecule has 0 saturated carbocycles. The Balaban J connectivity index is 1.95. The van der Waals surface area contributed by atoms with Crippen molar-refractivity contribution in [2.45, 2.75) is 71.9 Å². The summed E-state index contributed by atoms with van der Waals surface area (Å²) < 4.78 is 5.64. The van der Waals surface area contributed by atoms with Gasteiger partial charge in [-0.1, -0.05) is 19.9 Å². The molecule has 5 nitrogen and oxygen atoms in total. The third kappa shape index (κ3) is 5.48. The molecule has 1 heterocycles. The molecule has 1 aromatic carbocycles. The second-order valence-electron chi connectivity index (χ2n) is 7.00. The highest BCUT2D eigenvalue weighted by Crippen LogP contribution is 2.20. The van der Waals surface area contributed by atoms with Gasteiger partial charge in [-0.3, -0.25) is 9.59 Å². The molecule has 0 unspecified atom stereocenters. The summed E-state index contributed by atoms with van der Waals surface area (Å²) >= 11 is 0. The second-order valence-corrected chi connectivity index (χ2v) is 7.00. The van der Waals surface area contributed by atoms with E-state index in [9.17, 15) is 9.59 Å². The van der Waals surface area contributed by atoms with Gasteiger partial charge in [0.2, 0.25) is 11.8 Å². The van der Waals surface area contributed by atoms with E-state index in [1.54, 1.807) is 4.90 Å². The number of carbonyl (C=O) groups is 2. The van der Waals surface area contributed by atoms with E-state index in [1.807, 2.05) is 32.0 Å². The average molecular weight is 360 g/mol. The summed E-state index contributed by atoms with van der Waals surface area (Å²) in [6, 6.07) is 5.63. The molecular formula is C21H32N2O3. The molecule has 1 saturated heterocycles. The number of aryl methyl sites for hydroxylation is 1. The van der Waals surface area contributed by atoms with E-state index in [0.717, 1.165) is 49.0 Å². The van der Waals surface area contributed by atoms with Crippen molar-refractivity contribution < 1.29 is 14.3 Å². The lowest BCUT2D eigenvalue weighted by Crippen LogP contribution is -2.51. The molecule has 0 aliphatic carbocycles. The normalized spacial score (nSPS) is 17.0. The van der Waals surface area contributed by atoms with Crippen molar-refractivity contribution in [2.24, 2.45) is 0 Å². The van der Waals surface area contributed by atoms with Crippen LogP contribution in [0.5, 0.6) is 5.75 Å². The monoisotopic (exact) mass is 360 g/mol. The quantitative estimate of drug-likeness (QED) is 0.771. The lowest BCUT2D eigenvalue weighted by atomic mass is 10.00. The van der Waals surface area contributed by atoms with Crippen molar-refractivity contribution >= 4 is 11.8 Å². The Morgan fingerprint density at radius 2 is 2.04 bits per heavy atom. The Kier molecular flexibility index (Phi) is 7.95. The highest BCUT2D eigenvalue weighted by atomic mass is 16.5. The van der Waals surface area contributed by atoms with Gasteiger partial charge < -0.3 is 15.0 Å². The molecule has 144 valence electrons. The van der Waals surface area contributed by atoms with Gasteiger partial charge >= 0.3 is 0 Å². The largest absolute Gasteiger partial charge is 0.494 e. The van der Waals surface area contributed by atoms with Crippen molar-refractivity contribution in [3.63, 3.8) is 0 Å². The first kappa shape index (κ1) is 20.3. The number of carbonyl (C=O) groups excluding carboxylic acids is 2. The van der Waals surface area contributed by atoms with Crippen molar-refractivity contribution in [3.8, 4) is 5.75 Å². The summed E-state index contributed by atoms with van der Waals surface area (Å²) in [4.78, 5) is 26.8. The maximum absolute atomic E-state index is 12.7. The third-order valence-corrected chi connectivity index (χ3v) is 4.83. The minimum Gasteiger partial charge on any atom is -0.494 e. The summed E-state index contributed by atoms with van der Waals surface area (Å²) in [5.74, 6) is 0.920. The van der Waals surface area contributed by atoms with Gasteiger partial charge in [0, 0.05) is 19.5 Å². The lowest BCUT2D eigenvalue weighted by Gasteiger charge is -2.34. The number of likely N-dealkylation sites (tertiary alicyclic amines) is 1. The van der Waals surface area contributed by atoms with Crippen molar-refractivity contribution in [1.82, 2.24) is 10.2 Å². The molecule has 26 heavy (non-hydrogen) atoms. The van der Waals surface area contributed by atoms with Gasteiger partial charge in [-0.15, -0.1) is 0 Å². The van der Waals surface area contributed by atoms with E-state index in [2.05, 4.69) is 12.2 Å². The summed E-state index contributed by atoms with van der Waals surface area (Å²) in [6.07, 6.45) is 5.04. The molecule has 1 N–H and O–H groups in total. The highest BCUT2D eigenvalue weighted by molar-refractivity contribution is 5.87. The van der Waals surface area contributed by atoms with Gasteiger partial charge in [-0.05, 0) is 62.3 Å². The molecule has 1 aromatic rings. The van der Waals surface area contributed by atoms with E-state index in [-0.39, 0.29) is 17.9 Å². The number of hydrogen-bond acceptors (Lipinski definition) is 3. The zero-order valence-corrected chi connectivity index (χ0v) is 16.3. The number of hydrogen-bond donors (Lipinski definition) is 1. The van der Waals surface area contributed by atoms with Crippen LogP contribution in [0.1, 0.15) is 63.5 Å². The highest BCUT2D eigenvalue weighted by Gasteiger charge is 2.31. The van der Waals surface area contributed by atoms with E-state index in [4.69, 9.17) is 4.74 Å². The predicted molar refractivity (Wildman–Crippen MR) is 103 cm³/mol. The van der Waals surface area contributed by atoms with Gasteiger partial charge in [0.1, 0.15) is 11.8 Å². The fraction of sp³-hybridized carbons (Fsp3) is 0.619. The molecule has 1 aliphatic rings. The first-order valence-corrected chi connectivity index (χ1v) is 9.86. The molecular weight excluding hydrogens is 328 g/mol. The van der Waals surface area contributed by atoms with Crippen LogP contribution in [0, 0.1) is 6.92 Å². The van der Waals surface area contributed by atoms with Crippen molar-refractivity contribution in [1.29, 1.82) is 0 Å². The van der Waals surface area contributed by atoms with Crippen LogP contribution < -0.4 is 10.1 Å². The number of amides is 2. The van der Waals surface area contributed by atoms with Crippen LogP contribution in [0.3, 0.4) is 0 Å². The number of nitrogens with one attached hydrogen (secondary N) is 1. The predicted octanol–water partition coefficient (Wildman–Crippen LogP) is 3.58. The van der Waals surface area contributed by atoms with Gasteiger partial charge in [0.15, 0.2) is 0 Å². The number of piperidine rings is 1. The van der Waals surface area contributed by atoms with Gasteiger partial charge in [-0.2, -0.15) is 0 Å². The number of ether oxygens (including phenoxy) is 1. The Hall–Kier alpha value is -2.04. The SMILES string of the molecule is CCCOc1ccc(CNC(=O)[C@@H]2CCCCN2C(=O)CCC)c(C)c1. The number of nitrogens with zero attached hydrogens (tertiary/aromatic N) is 1. The zero-order chi connectivity index (χ0) is 18.9. The first-order chi connectivity index (χ1) is 12.6. The van der Waals surface area contributed by atoms with Crippen LogP contribution in [0.2, 0.25) is 0 Å². The smallest absolute Gasteiger partial charge is 0.243 e. The van der Waals surface area contributed by atoms with Gasteiger partial charge in [0.05, 0.1) is 6.61 Å². The zero-order valence-electron chi connectivity index (χ0n) is 16.3. The Labute approximate surface area is 157 Å². The molecule has 1 fully saturated rings. The van der Waals surface area contributed by atoms with E-state index in [1.165, 1.54) is 0 Å². The van der Waals surface area contributed by atoms with E-state index < -0.39 is 0 Å². The molecule has 0 spiro atoms. The molecule has 1 aliphatic heterocycles. The average Bonchev–Trinajstić information content (AvgIpc) is 2.65. The first-order valence-electron chi connectivity index (χ1n) is 9.86. The van der Waals surface area contributed by atoms with Crippen molar-refractivity contribution in [2.75, 3.05) is 13.2 Å². The maximum Gasteiger partial charge on any atom is 0.243 e. The molecule has 0 bridgehead atoms. The summed E-state index contributed by atoms with van der Waals surface area (Å²) in [5, 5.41) is 3.03. The summed E-state index contributed by atoms with van der Waals surface area (Å²) in [7, 11) is 0. The van der Waals surface area contributed by atoms with Crippen LogP contribution >= 0.6 is 0 Å². The Morgan fingerprint density at radius 1 is 1.23 bits per heavy atom. The fourth-order valence-electron chi connectivity index (χ4n) is 3.34. The molecule has 0 radical (unpaired) electrons. The minimum absolute atomic E-state index is 0.0418. The molecule has 1 atom stereocenters. The maximum atomic E-state index is 12.7. The minimum atomic E-state index is -0.324. The van der Waals surface area contributed by atoms with E-state index >= 15 is 0 Å². The van der Waals surface area contributed by atoms with E-state index in [0.29, 0.717) is 26.1 Å². The van der Waals surface area contributed by atoms with Gasteiger partial charge in [0.25, 0.3) is 0 Å². The molecule has 0 aromatic heterocycles. The van der Waals surface area contributed by atoms with Crippen molar-refractivity contribution in [3.05, 3.63) is 29.3 Å². The molecule has 2 amide bonds. The van der Waals surface area contributed by atoms with Crippen LogP contribution in [0.25, 0.3) is 0 Å². The summed E-state index contributed by atoms with van der Waals surface area (Å²) in [6.45, 7) is 7.98. The number of rotatable bonds is 8. The van der Waals surface area contributed by atoms with Crippen LogP contribution in [0.4, 0.5) is 0 Å². The lowest BCUT2D eigenvalue weighted by molar-refractivity contribution is -0.142. The van der Waals surface area contributed by atoms with Crippen LogP contribution in [-0.2, 0) is 16.1 Å². The van der Waals surface area contributed by atoms with Crippen LogP contribution in [-0.4, -0.2) is 35.9 Å². The Bertz CT molecular complexity index is 615. The molecule has 5 heteroatoms. The standard InChI is InChI=1S/C21H32N2O3/c1-4-8-20(24)23-12-7-6-9-19(23)21(25)22-15-17-10-11-18(14-16(17)3)26-13-5-2/h10-11,14,19H,4-9,12-13,15H2,1-3H3,(H,22,25)/t19-/m0/s1. The number of benzene rings is 1. The van der Waals surface area contributed by atoms with Crippen LogP contribution in [0.15, 0.2) is 18.2 Å². The third-order valence-electron chi connectivity index (χ3n) is 4.83. The fourth-order valence-corrected chi connectivity index (χ4v) is 3.34. The van der Waals surface area contributed by atoms with Gasteiger partial charge in [-0.25, -0.2) is 0 Å².